The van der Waals surface area contributed by atoms with Crippen molar-refractivity contribution in [2.45, 2.75) is 51.5 Å². The lowest BCUT2D eigenvalue weighted by Crippen LogP contribution is -2.54. The summed E-state index contributed by atoms with van der Waals surface area (Å²) in [5.74, 6) is 0.643. The zero-order chi connectivity index (χ0) is 11.3. The van der Waals surface area contributed by atoms with E-state index in [0.29, 0.717) is 5.92 Å². The van der Waals surface area contributed by atoms with E-state index in [-0.39, 0.29) is 17.4 Å². The van der Waals surface area contributed by atoms with Crippen molar-refractivity contribution in [3.63, 3.8) is 0 Å². The van der Waals surface area contributed by atoms with Gasteiger partial charge in [-0.1, -0.05) is 12.8 Å². The van der Waals surface area contributed by atoms with Gasteiger partial charge in [-0.15, -0.1) is 0 Å². The lowest BCUT2D eigenvalue weighted by Gasteiger charge is -2.47. The Hall–Kier alpha value is -0.570. The fourth-order valence-electron chi connectivity index (χ4n) is 3.63. The van der Waals surface area contributed by atoms with Crippen molar-refractivity contribution in [3.05, 3.63) is 0 Å². The molecule has 86 valence electrons. The van der Waals surface area contributed by atoms with Gasteiger partial charge in [-0.3, -0.25) is 4.79 Å². The number of hydrogen-bond acceptors (Lipinski definition) is 2. The Balaban J connectivity index is 2.26. The Morgan fingerprint density at radius 2 is 2.27 bits per heavy atom. The number of fused-ring (bicyclic) bond motifs is 1. The van der Waals surface area contributed by atoms with E-state index in [2.05, 4.69) is 0 Å². The Morgan fingerprint density at radius 3 is 2.80 bits per heavy atom. The van der Waals surface area contributed by atoms with Gasteiger partial charge in [-0.05, 0) is 38.5 Å². The van der Waals surface area contributed by atoms with Crippen LogP contribution in [0.4, 0.5) is 0 Å². The zero-order valence-electron chi connectivity index (χ0n) is 9.62. The minimum atomic E-state index is -0.693. The fraction of sp³-hybridized carbons (Fsp3) is 0.917. The number of carbonyl (C=O) groups is 1. The van der Waals surface area contributed by atoms with Gasteiger partial charge in [0, 0.05) is 11.0 Å². The molecular formula is C12H21NO2. The molecule has 0 aromatic heterocycles. The van der Waals surface area contributed by atoms with E-state index in [1.807, 2.05) is 13.8 Å². The highest BCUT2D eigenvalue weighted by Gasteiger charge is 2.60. The number of carboxylic acids is 1. The Kier molecular flexibility index (Phi) is 2.34. The average Bonchev–Trinajstić information content (AvgIpc) is 2.80. The summed E-state index contributed by atoms with van der Waals surface area (Å²) < 4.78 is 0. The monoisotopic (exact) mass is 211 g/mol. The molecule has 2 rings (SSSR count). The molecule has 3 nitrogen and oxygen atoms in total. The largest absolute Gasteiger partial charge is 0.481 e. The molecule has 3 atom stereocenters. The topological polar surface area (TPSA) is 63.3 Å². The van der Waals surface area contributed by atoms with Gasteiger partial charge in [0.05, 0.1) is 6.42 Å². The highest BCUT2D eigenvalue weighted by molar-refractivity contribution is 5.68. The van der Waals surface area contributed by atoms with Crippen molar-refractivity contribution in [3.8, 4) is 0 Å². The molecule has 0 aromatic carbocycles. The summed E-state index contributed by atoms with van der Waals surface area (Å²) in [4.78, 5) is 11.0. The summed E-state index contributed by atoms with van der Waals surface area (Å²) in [6.07, 6.45) is 4.87. The van der Waals surface area contributed by atoms with Crippen LogP contribution in [0.15, 0.2) is 0 Å². The molecule has 15 heavy (non-hydrogen) atoms. The lowest BCUT2D eigenvalue weighted by molar-refractivity contribution is -0.142. The summed E-state index contributed by atoms with van der Waals surface area (Å²) >= 11 is 0. The molecule has 0 aliphatic heterocycles. The smallest absolute Gasteiger partial charge is 0.303 e. The second-order valence-corrected chi connectivity index (χ2v) is 5.94. The third kappa shape index (κ3) is 1.67. The van der Waals surface area contributed by atoms with Crippen LogP contribution in [-0.2, 0) is 4.79 Å². The van der Waals surface area contributed by atoms with Crippen LogP contribution in [0.1, 0.15) is 46.0 Å². The molecule has 2 aliphatic carbocycles. The van der Waals surface area contributed by atoms with Crippen molar-refractivity contribution in [1.29, 1.82) is 0 Å². The Bertz CT molecular complexity index is 282. The number of carboxylic acid groups (broad SMARTS) is 1. The lowest BCUT2D eigenvalue weighted by atomic mass is 9.61. The van der Waals surface area contributed by atoms with Crippen molar-refractivity contribution in [1.82, 2.24) is 0 Å². The number of hydrogen-bond donors (Lipinski definition) is 2. The third-order valence-electron chi connectivity index (χ3n) is 4.58. The van der Waals surface area contributed by atoms with Gasteiger partial charge < -0.3 is 10.8 Å². The van der Waals surface area contributed by atoms with Crippen molar-refractivity contribution < 1.29 is 9.90 Å². The van der Waals surface area contributed by atoms with Crippen LogP contribution >= 0.6 is 0 Å². The third-order valence-corrected chi connectivity index (χ3v) is 4.58. The summed E-state index contributed by atoms with van der Waals surface area (Å²) in [5, 5.41) is 9.08. The van der Waals surface area contributed by atoms with Crippen LogP contribution in [0.3, 0.4) is 0 Å². The first-order chi connectivity index (χ1) is 6.87. The zero-order valence-corrected chi connectivity index (χ0v) is 9.62. The van der Waals surface area contributed by atoms with Gasteiger partial charge in [0.2, 0.25) is 0 Å². The second kappa shape index (κ2) is 3.21. The van der Waals surface area contributed by atoms with Gasteiger partial charge >= 0.3 is 5.97 Å². The Labute approximate surface area is 91.0 Å². The summed E-state index contributed by atoms with van der Waals surface area (Å²) in [7, 11) is 0. The van der Waals surface area contributed by atoms with E-state index in [1.54, 1.807) is 0 Å². The van der Waals surface area contributed by atoms with Gasteiger partial charge in [-0.2, -0.15) is 0 Å². The maximum atomic E-state index is 11.0. The fourth-order valence-corrected chi connectivity index (χ4v) is 3.63. The molecule has 3 unspecified atom stereocenters. The van der Waals surface area contributed by atoms with E-state index in [1.165, 1.54) is 12.8 Å². The SMILES string of the molecule is CC(C)(N)C1(CC(=O)O)CCCC2CC21. The number of rotatable bonds is 3. The van der Waals surface area contributed by atoms with Crippen LogP contribution < -0.4 is 5.73 Å². The first kappa shape index (κ1) is 10.9. The summed E-state index contributed by atoms with van der Waals surface area (Å²) in [5.41, 5.74) is 5.73. The first-order valence-electron chi connectivity index (χ1n) is 5.87. The summed E-state index contributed by atoms with van der Waals surface area (Å²) in [6.45, 7) is 3.99. The highest BCUT2D eigenvalue weighted by atomic mass is 16.4. The van der Waals surface area contributed by atoms with Gasteiger partial charge in [-0.25, -0.2) is 0 Å². The molecule has 0 radical (unpaired) electrons. The Morgan fingerprint density at radius 1 is 1.60 bits per heavy atom. The van der Waals surface area contributed by atoms with E-state index in [0.717, 1.165) is 18.8 Å². The summed E-state index contributed by atoms with van der Waals surface area (Å²) in [6, 6.07) is 0. The van der Waals surface area contributed by atoms with Crippen LogP contribution in [0.2, 0.25) is 0 Å². The molecule has 0 bridgehead atoms. The van der Waals surface area contributed by atoms with E-state index >= 15 is 0 Å². The molecule has 0 aromatic rings. The molecule has 2 fully saturated rings. The average molecular weight is 211 g/mol. The van der Waals surface area contributed by atoms with Gasteiger partial charge in [0.25, 0.3) is 0 Å². The minimum Gasteiger partial charge on any atom is -0.481 e. The standard InChI is InChI=1S/C12H21NO2/c1-11(2,13)12(7-10(14)15)5-3-4-8-6-9(8)12/h8-9H,3-7,13H2,1-2H3,(H,14,15). The van der Waals surface area contributed by atoms with E-state index in [4.69, 9.17) is 10.8 Å². The molecule has 3 N–H and O–H groups in total. The predicted molar refractivity (Wildman–Crippen MR) is 58.4 cm³/mol. The molecule has 0 spiro atoms. The van der Waals surface area contributed by atoms with Crippen molar-refractivity contribution in [2.75, 3.05) is 0 Å². The van der Waals surface area contributed by atoms with Gasteiger partial charge in [0.15, 0.2) is 0 Å². The number of aliphatic carboxylic acids is 1. The molecule has 2 saturated carbocycles. The molecule has 3 heteroatoms. The normalized spacial score (nSPS) is 39.7. The quantitative estimate of drug-likeness (QED) is 0.750. The molecular weight excluding hydrogens is 190 g/mol. The molecule has 2 aliphatic rings. The van der Waals surface area contributed by atoms with Crippen LogP contribution in [-0.4, -0.2) is 16.6 Å². The van der Waals surface area contributed by atoms with E-state index < -0.39 is 5.97 Å². The van der Waals surface area contributed by atoms with Crippen molar-refractivity contribution >= 4 is 5.97 Å². The van der Waals surface area contributed by atoms with Crippen LogP contribution in [0.5, 0.6) is 0 Å². The van der Waals surface area contributed by atoms with Crippen LogP contribution in [0.25, 0.3) is 0 Å². The maximum absolute atomic E-state index is 11.0. The first-order valence-corrected chi connectivity index (χ1v) is 5.87. The van der Waals surface area contributed by atoms with E-state index in [9.17, 15) is 4.79 Å². The van der Waals surface area contributed by atoms with Gasteiger partial charge in [0.1, 0.15) is 0 Å². The highest BCUT2D eigenvalue weighted by Crippen LogP contribution is 2.64. The molecule has 0 saturated heterocycles. The second-order valence-electron chi connectivity index (χ2n) is 5.94. The predicted octanol–water partition coefficient (Wildman–Crippen LogP) is 2.00. The van der Waals surface area contributed by atoms with Crippen molar-refractivity contribution in [2.24, 2.45) is 23.0 Å². The minimum absolute atomic E-state index is 0.151. The molecule has 0 amide bonds. The maximum Gasteiger partial charge on any atom is 0.303 e. The molecule has 0 heterocycles. The number of nitrogens with two attached hydrogens (primary N) is 1. The van der Waals surface area contributed by atoms with Crippen LogP contribution in [0, 0.1) is 17.3 Å².